The summed E-state index contributed by atoms with van der Waals surface area (Å²) in [5, 5.41) is 11.1. The van der Waals surface area contributed by atoms with E-state index in [2.05, 4.69) is 20.3 Å². The van der Waals surface area contributed by atoms with Crippen LogP contribution in [-0.2, 0) is 0 Å². The average molecular weight is 331 g/mol. The maximum Gasteiger partial charge on any atom is 0.260 e. The van der Waals surface area contributed by atoms with Gasteiger partial charge in [-0.2, -0.15) is 0 Å². The Labute approximate surface area is 141 Å². The first-order valence-electron chi connectivity index (χ1n) is 7.45. The zero-order valence-corrected chi connectivity index (χ0v) is 13.0. The number of rotatable bonds is 2. The van der Waals surface area contributed by atoms with Crippen molar-refractivity contribution >= 4 is 33.8 Å². The first-order chi connectivity index (χ1) is 12.1. The van der Waals surface area contributed by atoms with Crippen molar-refractivity contribution in [2.45, 2.75) is 0 Å². The summed E-state index contributed by atoms with van der Waals surface area (Å²) in [5.41, 5.74) is 7.87. The van der Waals surface area contributed by atoms with Crippen molar-refractivity contribution in [1.82, 2.24) is 24.8 Å². The lowest BCUT2D eigenvalue weighted by Gasteiger charge is -2.07. The number of carbonyl (C=O) groups is 1. The number of hydrogen-bond donors (Lipinski definition) is 3. The molecule has 8 nitrogen and oxygen atoms in total. The molecule has 0 aliphatic heterocycles. The van der Waals surface area contributed by atoms with Gasteiger partial charge in [0.15, 0.2) is 5.96 Å². The lowest BCUT2D eigenvalue weighted by Crippen LogP contribution is -2.35. The van der Waals surface area contributed by atoms with E-state index in [-0.39, 0.29) is 0 Å². The van der Waals surface area contributed by atoms with Crippen LogP contribution in [0.5, 0.6) is 0 Å². The number of guanidine groups is 1. The van der Waals surface area contributed by atoms with E-state index in [0.29, 0.717) is 16.6 Å². The lowest BCUT2D eigenvalue weighted by atomic mass is 10.2. The fourth-order valence-electron chi connectivity index (χ4n) is 2.81. The molecule has 122 valence electrons. The Morgan fingerprint density at radius 2 is 2.00 bits per heavy atom. The highest BCUT2D eigenvalue weighted by Gasteiger charge is 2.18. The second-order valence-electron chi connectivity index (χ2n) is 5.38. The van der Waals surface area contributed by atoms with Gasteiger partial charge in [0.2, 0.25) is 0 Å². The molecule has 4 rings (SSSR count). The van der Waals surface area contributed by atoms with Gasteiger partial charge < -0.3 is 5.73 Å². The van der Waals surface area contributed by atoms with Crippen molar-refractivity contribution in [3.8, 4) is 5.69 Å². The Bertz CT molecular complexity index is 1130. The van der Waals surface area contributed by atoms with Crippen molar-refractivity contribution in [1.29, 1.82) is 5.41 Å². The predicted molar refractivity (Wildman–Crippen MR) is 93.5 cm³/mol. The number of nitrogens with one attached hydrogen (secondary N) is 2. The fourth-order valence-corrected chi connectivity index (χ4v) is 2.81. The SMILES string of the molecule is N=C(N)NC(=O)c1cn(-c2ccnc3cnccc23)c2ncccc12. The lowest BCUT2D eigenvalue weighted by molar-refractivity contribution is 0.0978. The second-order valence-corrected chi connectivity index (χ2v) is 5.38. The zero-order valence-electron chi connectivity index (χ0n) is 13.0. The molecule has 8 heteroatoms. The summed E-state index contributed by atoms with van der Waals surface area (Å²) >= 11 is 0. The van der Waals surface area contributed by atoms with Crippen LogP contribution in [0.4, 0.5) is 0 Å². The summed E-state index contributed by atoms with van der Waals surface area (Å²) in [7, 11) is 0. The van der Waals surface area contributed by atoms with E-state index in [1.165, 1.54) is 0 Å². The quantitative estimate of drug-likeness (QED) is 0.380. The smallest absolute Gasteiger partial charge is 0.260 e. The highest BCUT2D eigenvalue weighted by atomic mass is 16.1. The summed E-state index contributed by atoms with van der Waals surface area (Å²) in [6, 6.07) is 7.27. The molecular formula is C17H13N7O. The monoisotopic (exact) mass is 331 g/mol. The first-order valence-corrected chi connectivity index (χ1v) is 7.45. The van der Waals surface area contributed by atoms with Crippen molar-refractivity contribution in [3.05, 3.63) is 60.8 Å². The van der Waals surface area contributed by atoms with Crippen LogP contribution in [0, 0.1) is 5.41 Å². The van der Waals surface area contributed by atoms with Crippen molar-refractivity contribution < 1.29 is 4.79 Å². The van der Waals surface area contributed by atoms with Gasteiger partial charge in [-0.05, 0) is 24.3 Å². The molecule has 0 saturated heterocycles. The standard InChI is InChI=1S/C17H13N7O/c18-17(19)23-16(25)12-9-24(15-10(12)2-1-5-22-15)14-4-7-21-13-8-20-6-3-11(13)14/h1-9H,(H4,18,19,23,25). The van der Waals surface area contributed by atoms with Gasteiger partial charge in [-0.1, -0.05) is 0 Å². The van der Waals surface area contributed by atoms with Crippen LogP contribution < -0.4 is 11.1 Å². The topological polar surface area (TPSA) is 123 Å². The van der Waals surface area contributed by atoms with Gasteiger partial charge in [-0.3, -0.25) is 30.1 Å². The van der Waals surface area contributed by atoms with Crippen molar-refractivity contribution in [2.75, 3.05) is 0 Å². The summed E-state index contributed by atoms with van der Waals surface area (Å²) in [4.78, 5) is 25.2. The minimum Gasteiger partial charge on any atom is -0.370 e. The highest BCUT2D eigenvalue weighted by molar-refractivity contribution is 6.12. The Morgan fingerprint density at radius 3 is 2.84 bits per heavy atom. The molecule has 0 atom stereocenters. The number of nitrogens with zero attached hydrogens (tertiary/aromatic N) is 4. The van der Waals surface area contributed by atoms with Gasteiger partial charge >= 0.3 is 0 Å². The average Bonchev–Trinajstić information content (AvgIpc) is 3.00. The molecule has 4 aromatic heterocycles. The van der Waals surface area contributed by atoms with Crippen molar-refractivity contribution in [3.63, 3.8) is 0 Å². The normalized spacial score (nSPS) is 10.9. The number of nitrogens with two attached hydrogens (primary N) is 1. The molecule has 0 aliphatic rings. The largest absolute Gasteiger partial charge is 0.370 e. The summed E-state index contributed by atoms with van der Waals surface area (Å²) in [6.45, 7) is 0. The van der Waals surface area contributed by atoms with Gasteiger partial charge in [0.25, 0.3) is 5.91 Å². The molecule has 25 heavy (non-hydrogen) atoms. The van der Waals surface area contributed by atoms with Crippen LogP contribution in [0.1, 0.15) is 10.4 Å². The Hall–Kier alpha value is -3.81. The number of aromatic nitrogens is 4. The number of amides is 1. The maximum absolute atomic E-state index is 12.4. The van der Waals surface area contributed by atoms with Crippen LogP contribution in [0.25, 0.3) is 27.6 Å². The summed E-state index contributed by atoms with van der Waals surface area (Å²) in [5.74, 6) is -0.862. The molecule has 1 amide bonds. The molecule has 0 radical (unpaired) electrons. The van der Waals surface area contributed by atoms with Crippen LogP contribution in [0.2, 0.25) is 0 Å². The molecule has 0 spiro atoms. The molecule has 0 aliphatic carbocycles. The second kappa shape index (κ2) is 5.68. The van der Waals surface area contributed by atoms with Crippen LogP contribution in [0.3, 0.4) is 0 Å². The van der Waals surface area contributed by atoms with E-state index < -0.39 is 11.9 Å². The zero-order chi connectivity index (χ0) is 17.4. The Morgan fingerprint density at radius 1 is 1.12 bits per heavy atom. The number of pyridine rings is 3. The van der Waals surface area contributed by atoms with E-state index in [9.17, 15) is 4.79 Å². The van der Waals surface area contributed by atoms with Gasteiger partial charge in [0.05, 0.1) is 23.0 Å². The molecule has 4 aromatic rings. The number of carbonyl (C=O) groups excluding carboxylic acids is 1. The molecule has 0 fully saturated rings. The predicted octanol–water partition coefficient (Wildman–Crippen LogP) is 1.59. The van der Waals surface area contributed by atoms with Gasteiger partial charge in [-0.15, -0.1) is 0 Å². The minimum atomic E-state index is -0.454. The van der Waals surface area contributed by atoms with Gasteiger partial charge in [0, 0.05) is 35.6 Å². The van der Waals surface area contributed by atoms with Crippen LogP contribution >= 0.6 is 0 Å². The van der Waals surface area contributed by atoms with E-state index in [1.807, 2.05) is 16.7 Å². The van der Waals surface area contributed by atoms with E-state index >= 15 is 0 Å². The molecule has 0 unspecified atom stereocenters. The Balaban J connectivity index is 1.99. The third kappa shape index (κ3) is 2.45. The minimum absolute atomic E-state index is 0.386. The molecule has 0 bridgehead atoms. The molecule has 0 saturated carbocycles. The third-order valence-electron chi connectivity index (χ3n) is 3.84. The van der Waals surface area contributed by atoms with Crippen LogP contribution in [0.15, 0.2) is 55.2 Å². The third-order valence-corrected chi connectivity index (χ3v) is 3.84. The summed E-state index contributed by atoms with van der Waals surface area (Å²) < 4.78 is 1.83. The van der Waals surface area contributed by atoms with Gasteiger partial charge in [0.1, 0.15) is 5.65 Å². The van der Waals surface area contributed by atoms with Crippen molar-refractivity contribution in [2.24, 2.45) is 5.73 Å². The molecule has 0 aromatic carbocycles. The summed E-state index contributed by atoms with van der Waals surface area (Å²) in [6.07, 6.45) is 8.41. The fraction of sp³-hybridized carbons (Fsp3) is 0. The van der Waals surface area contributed by atoms with E-state index in [4.69, 9.17) is 11.1 Å². The van der Waals surface area contributed by atoms with Gasteiger partial charge in [-0.25, -0.2) is 4.98 Å². The number of fused-ring (bicyclic) bond motifs is 2. The molecule has 4 N–H and O–H groups in total. The first kappa shape index (κ1) is 14.8. The molecule has 4 heterocycles. The van der Waals surface area contributed by atoms with E-state index in [1.54, 1.807) is 43.1 Å². The maximum atomic E-state index is 12.4. The molecular weight excluding hydrogens is 318 g/mol. The number of hydrogen-bond acceptors (Lipinski definition) is 5. The highest BCUT2D eigenvalue weighted by Crippen LogP contribution is 2.27. The van der Waals surface area contributed by atoms with E-state index in [0.717, 1.165) is 16.6 Å². The Kier molecular flexibility index (Phi) is 3.35. The van der Waals surface area contributed by atoms with Crippen LogP contribution in [-0.4, -0.2) is 31.4 Å².